The van der Waals surface area contributed by atoms with E-state index in [1.54, 1.807) is 51.1 Å². The number of amides is 3. The zero-order valence-electron chi connectivity index (χ0n) is 21.8. The minimum Gasteiger partial charge on any atom is -0.508 e. The third-order valence-electron chi connectivity index (χ3n) is 6.58. The number of benzene rings is 2. The van der Waals surface area contributed by atoms with Crippen molar-refractivity contribution in [3.05, 3.63) is 65.2 Å². The first-order valence-electron chi connectivity index (χ1n) is 12.3. The molecule has 1 aliphatic heterocycles. The number of nitrogens with zero attached hydrogens (tertiary/aromatic N) is 1. The Labute approximate surface area is 229 Å². The topological polar surface area (TPSA) is 119 Å². The molecule has 2 aromatic carbocycles. The third kappa shape index (κ3) is 7.66. The number of alkyl halides is 3. The maximum absolute atomic E-state index is 13.6. The van der Waals surface area contributed by atoms with Crippen LogP contribution in [0, 0.1) is 6.92 Å². The van der Waals surface area contributed by atoms with E-state index < -0.39 is 59.8 Å². The van der Waals surface area contributed by atoms with Gasteiger partial charge in [-0.3, -0.25) is 14.4 Å². The smallest absolute Gasteiger partial charge is 0.390 e. The Hall–Kier alpha value is -3.25. The fraction of sp³-hybridized carbons (Fsp3) is 0.444. The molecule has 3 amide bonds. The zero-order valence-corrected chi connectivity index (χ0v) is 22.6. The second-order valence-electron chi connectivity index (χ2n) is 9.91. The number of aliphatic hydroxyl groups excluding tert-OH is 1. The minimum atomic E-state index is -4.45. The first-order valence-corrected chi connectivity index (χ1v) is 13.3. The number of hydrogen-bond acceptors (Lipinski definition) is 6. The molecule has 0 aromatic heterocycles. The van der Waals surface area contributed by atoms with E-state index in [1.807, 2.05) is 0 Å². The average molecular weight is 568 g/mol. The fourth-order valence-corrected chi connectivity index (χ4v) is 5.54. The molecular formula is C27H32F3N3O5S. The Morgan fingerprint density at radius 3 is 2.44 bits per heavy atom. The molecule has 0 aliphatic carbocycles. The lowest BCUT2D eigenvalue weighted by molar-refractivity contribution is -0.148. The summed E-state index contributed by atoms with van der Waals surface area (Å²) in [6, 6.07) is 11.0. The van der Waals surface area contributed by atoms with Gasteiger partial charge in [0, 0.05) is 22.4 Å². The van der Waals surface area contributed by atoms with E-state index in [4.69, 9.17) is 0 Å². The van der Waals surface area contributed by atoms with Gasteiger partial charge < -0.3 is 25.7 Å². The minimum absolute atomic E-state index is 0.0257. The van der Waals surface area contributed by atoms with Crippen molar-refractivity contribution in [2.45, 2.75) is 62.7 Å². The van der Waals surface area contributed by atoms with Gasteiger partial charge in [-0.1, -0.05) is 36.4 Å². The van der Waals surface area contributed by atoms with Crippen molar-refractivity contribution in [3.8, 4) is 5.75 Å². The summed E-state index contributed by atoms with van der Waals surface area (Å²) in [6.07, 6.45) is -7.36. The molecular weight excluding hydrogens is 535 g/mol. The standard InChI is InChI=1S/C27H32F3N3O5S/c1-16-18(10-7-11-20(16)34)23(36)32-19(14-17-8-5-4-6-9-17)21(35)25(38)33-15-39-26(2,3)22(33)24(37)31-13-12-27(28,29)30/h4-11,19,21-22,34-35H,12-15H2,1-3H3,(H,31,37)(H,32,36)/t19-,21-,22?/m0/s1. The van der Waals surface area contributed by atoms with Crippen LogP contribution in [0.5, 0.6) is 5.75 Å². The highest BCUT2D eigenvalue weighted by atomic mass is 32.2. The number of aliphatic hydroxyl groups is 1. The molecule has 1 fully saturated rings. The van der Waals surface area contributed by atoms with Crippen LogP contribution in [0.3, 0.4) is 0 Å². The normalized spacial score (nSPS) is 18.3. The molecule has 8 nitrogen and oxygen atoms in total. The number of rotatable bonds is 9. The number of carbonyl (C=O) groups is 3. The van der Waals surface area contributed by atoms with Gasteiger partial charge in [-0.15, -0.1) is 11.8 Å². The van der Waals surface area contributed by atoms with Gasteiger partial charge >= 0.3 is 6.18 Å². The molecule has 39 heavy (non-hydrogen) atoms. The van der Waals surface area contributed by atoms with Crippen molar-refractivity contribution < 1.29 is 37.8 Å². The summed E-state index contributed by atoms with van der Waals surface area (Å²) in [5.74, 6) is -2.27. The van der Waals surface area contributed by atoms with Crippen LogP contribution in [-0.2, 0) is 16.0 Å². The van der Waals surface area contributed by atoms with Crippen LogP contribution in [0.1, 0.15) is 41.8 Å². The number of thioether (sulfide) groups is 1. The summed E-state index contributed by atoms with van der Waals surface area (Å²) in [6.45, 7) is 4.31. The van der Waals surface area contributed by atoms with Crippen LogP contribution in [0.4, 0.5) is 13.2 Å². The maximum atomic E-state index is 13.6. The molecule has 0 radical (unpaired) electrons. The quantitative estimate of drug-likeness (QED) is 0.370. The lowest BCUT2D eigenvalue weighted by Gasteiger charge is -2.33. The molecule has 0 bridgehead atoms. The van der Waals surface area contributed by atoms with E-state index in [1.165, 1.54) is 30.0 Å². The summed E-state index contributed by atoms with van der Waals surface area (Å²) in [5.41, 5.74) is 1.20. The summed E-state index contributed by atoms with van der Waals surface area (Å²) in [4.78, 5) is 40.7. The number of phenols is 1. The van der Waals surface area contributed by atoms with Gasteiger partial charge in [-0.2, -0.15) is 13.2 Å². The van der Waals surface area contributed by atoms with Crippen LogP contribution in [0.2, 0.25) is 0 Å². The molecule has 3 atom stereocenters. The Balaban J connectivity index is 1.84. The van der Waals surface area contributed by atoms with Crippen molar-refractivity contribution >= 4 is 29.5 Å². The van der Waals surface area contributed by atoms with Crippen LogP contribution in [0.15, 0.2) is 48.5 Å². The van der Waals surface area contributed by atoms with Gasteiger partial charge in [-0.25, -0.2) is 0 Å². The maximum Gasteiger partial charge on any atom is 0.390 e. The van der Waals surface area contributed by atoms with Crippen molar-refractivity contribution in [2.24, 2.45) is 0 Å². The van der Waals surface area contributed by atoms with E-state index in [2.05, 4.69) is 10.6 Å². The van der Waals surface area contributed by atoms with Gasteiger partial charge in [0.25, 0.3) is 11.8 Å². The van der Waals surface area contributed by atoms with Crippen molar-refractivity contribution in [1.82, 2.24) is 15.5 Å². The second-order valence-corrected chi connectivity index (χ2v) is 11.5. The molecule has 1 aliphatic rings. The molecule has 0 spiro atoms. The Morgan fingerprint density at radius 2 is 1.79 bits per heavy atom. The number of halogens is 3. The average Bonchev–Trinajstić information content (AvgIpc) is 3.19. The molecule has 1 heterocycles. The van der Waals surface area contributed by atoms with E-state index >= 15 is 0 Å². The first kappa shape index (κ1) is 30.3. The van der Waals surface area contributed by atoms with Crippen LogP contribution >= 0.6 is 11.8 Å². The van der Waals surface area contributed by atoms with Gasteiger partial charge in [0.15, 0.2) is 6.10 Å². The van der Waals surface area contributed by atoms with Gasteiger partial charge in [0.05, 0.1) is 18.3 Å². The van der Waals surface area contributed by atoms with Crippen LogP contribution in [-0.4, -0.2) is 74.4 Å². The van der Waals surface area contributed by atoms with Crippen LogP contribution < -0.4 is 10.6 Å². The number of phenolic OH excluding ortho intramolecular Hbond substituents is 1. The number of aromatic hydroxyl groups is 1. The molecule has 4 N–H and O–H groups in total. The zero-order chi connectivity index (χ0) is 29.0. The molecule has 0 saturated carbocycles. The Bertz CT molecular complexity index is 1190. The SMILES string of the molecule is Cc1c(O)cccc1C(=O)N[C@@H](Cc1ccccc1)[C@H](O)C(=O)N1CSC(C)(C)C1C(=O)NCCC(F)(F)F. The van der Waals surface area contributed by atoms with E-state index in [9.17, 15) is 37.8 Å². The Morgan fingerprint density at radius 1 is 1.13 bits per heavy atom. The highest BCUT2D eigenvalue weighted by Gasteiger charge is 2.50. The highest BCUT2D eigenvalue weighted by molar-refractivity contribution is 8.00. The predicted octanol–water partition coefficient (Wildman–Crippen LogP) is 3.15. The van der Waals surface area contributed by atoms with E-state index in [-0.39, 0.29) is 23.6 Å². The highest BCUT2D eigenvalue weighted by Crippen LogP contribution is 2.40. The Kier molecular flexibility index (Phi) is 9.55. The largest absolute Gasteiger partial charge is 0.508 e. The van der Waals surface area contributed by atoms with E-state index in [0.717, 1.165) is 10.5 Å². The number of carbonyl (C=O) groups excluding carboxylic acids is 3. The molecule has 212 valence electrons. The molecule has 3 rings (SSSR count). The first-order chi connectivity index (χ1) is 18.2. The molecule has 1 saturated heterocycles. The summed E-state index contributed by atoms with van der Waals surface area (Å²) in [5, 5.41) is 26.2. The number of hydrogen-bond donors (Lipinski definition) is 4. The van der Waals surface area contributed by atoms with Gasteiger partial charge in [-0.05, 0) is 44.9 Å². The monoisotopic (exact) mass is 567 g/mol. The lowest BCUT2D eigenvalue weighted by atomic mass is 9.96. The van der Waals surface area contributed by atoms with Crippen molar-refractivity contribution in [3.63, 3.8) is 0 Å². The number of nitrogens with one attached hydrogen (secondary N) is 2. The van der Waals surface area contributed by atoms with Gasteiger partial charge in [0.2, 0.25) is 5.91 Å². The molecule has 12 heteroatoms. The van der Waals surface area contributed by atoms with Crippen LogP contribution in [0.25, 0.3) is 0 Å². The molecule has 2 aromatic rings. The van der Waals surface area contributed by atoms with Crippen molar-refractivity contribution in [1.29, 1.82) is 0 Å². The fourth-order valence-electron chi connectivity index (χ4n) is 4.40. The van der Waals surface area contributed by atoms with E-state index in [0.29, 0.717) is 5.56 Å². The van der Waals surface area contributed by atoms with Crippen molar-refractivity contribution in [2.75, 3.05) is 12.4 Å². The predicted molar refractivity (Wildman–Crippen MR) is 141 cm³/mol. The van der Waals surface area contributed by atoms with Gasteiger partial charge in [0.1, 0.15) is 11.8 Å². The summed E-state index contributed by atoms with van der Waals surface area (Å²) >= 11 is 1.25. The summed E-state index contributed by atoms with van der Waals surface area (Å²) < 4.78 is 36.9. The summed E-state index contributed by atoms with van der Waals surface area (Å²) in [7, 11) is 0. The second kappa shape index (κ2) is 12.3. The third-order valence-corrected chi connectivity index (χ3v) is 7.96. The lowest BCUT2D eigenvalue weighted by Crippen LogP contribution is -2.58. The molecule has 1 unspecified atom stereocenters.